The van der Waals surface area contributed by atoms with Gasteiger partial charge in [0.2, 0.25) is 5.91 Å². The van der Waals surface area contributed by atoms with Gasteiger partial charge in [-0.25, -0.2) is 0 Å². The monoisotopic (exact) mass is 249 g/mol. The molecule has 18 heavy (non-hydrogen) atoms. The molecule has 1 amide bonds. The summed E-state index contributed by atoms with van der Waals surface area (Å²) in [5.41, 5.74) is 7.24. The van der Waals surface area contributed by atoms with E-state index in [0.29, 0.717) is 19.4 Å². The van der Waals surface area contributed by atoms with E-state index in [4.69, 9.17) is 15.7 Å². The highest BCUT2D eigenvalue weighted by Gasteiger charge is 2.14. The summed E-state index contributed by atoms with van der Waals surface area (Å²) in [7, 11) is 0. The van der Waals surface area contributed by atoms with E-state index in [1.165, 1.54) is 0 Å². The van der Waals surface area contributed by atoms with Crippen LogP contribution in [-0.4, -0.2) is 23.6 Å². The van der Waals surface area contributed by atoms with E-state index in [2.05, 4.69) is 10.5 Å². The van der Waals surface area contributed by atoms with Gasteiger partial charge in [0.25, 0.3) is 0 Å². The summed E-state index contributed by atoms with van der Waals surface area (Å²) >= 11 is 0. The highest BCUT2D eigenvalue weighted by Crippen LogP contribution is 2.26. The summed E-state index contributed by atoms with van der Waals surface area (Å²) in [6.07, 6.45) is 1.59. The van der Waals surface area contributed by atoms with Gasteiger partial charge in [-0.05, 0) is 30.2 Å². The number of hydrogen-bond acceptors (Lipinski definition) is 4. The molecule has 0 saturated carbocycles. The van der Waals surface area contributed by atoms with Gasteiger partial charge in [0, 0.05) is 18.5 Å². The van der Waals surface area contributed by atoms with Gasteiger partial charge < -0.3 is 21.0 Å². The summed E-state index contributed by atoms with van der Waals surface area (Å²) < 4.78 is 5.49. The first kappa shape index (κ1) is 12.2. The first-order valence-corrected chi connectivity index (χ1v) is 5.71. The maximum absolute atomic E-state index is 11.2. The van der Waals surface area contributed by atoms with E-state index in [1.807, 2.05) is 12.1 Å². The summed E-state index contributed by atoms with van der Waals surface area (Å²) in [6, 6.07) is 5.52. The minimum atomic E-state index is 0.0445. The lowest BCUT2D eigenvalue weighted by Gasteiger charge is -2.17. The standard InChI is InChI=1S/C12H15N3O3/c13-11(15-17)5-6-18-9-2-3-10-8(7-9)1-4-12(16)14-10/h2-3,7,17H,1,4-6H2,(H2,13,15)(H,14,16). The first-order valence-electron chi connectivity index (χ1n) is 5.71. The molecule has 0 saturated heterocycles. The van der Waals surface area contributed by atoms with Crippen LogP contribution in [0.2, 0.25) is 0 Å². The van der Waals surface area contributed by atoms with Gasteiger partial charge >= 0.3 is 0 Å². The number of ether oxygens (including phenoxy) is 1. The molecule has 6 heteroatoms. The number of hydrogen-bond donors (Lipinski definition) is 3. The second-order valence-electron chi connectivity index (χ2n) is 4.06. The zero-order chi connectivity index (χ0) is 13.0. The fourth-order valence-corrected chi connectivity index (χ4v) is 1.77. The van der Waals surface area contributed by atoms with E-state index < -0.39 is 0 Å². The Hall–Kier alpha value is -2.24. The van der Waals surface area contributed by atoms with Gasteiger partial charge in [0.15, 0.2) is 0 Å². The van der Waals surface area contributed by atoms with Gasteiger partial charge in [0.05, 0.1) is 6.61 Å². The van der Waals surface area contributed by atoms with Crippen LogP contribution in [0.5, 0.6) is 5.75 Å². The van der Waals surface area contributed by atoms with Crippen LogP contribution in [0.4, 0.5) is 5.69 Å². The van der Waals surface area contributed by atoms with Crippen LogP contribution in [0.25, 0.3) is 0 Å². The number of fused-ring (bicyclic) bond motifs is 1. The van der Waals surface area contributed by atoms with E-state index in [1.54, 1.807) is 6.07 Å². The van der Waals surface area contributed by atoms with Crippen LogP contribution in [0.15, 0.2) is 23.4 Å². The smallest absolute Gasteiger partial charge is 0.224 e. The van der Waals surface area contributed by atoms with E-state index in [-0.39, 0.29) is 11.7 Å². The molecular weight excluding hydrogens is 234 g/mol. The number of benzene rings is 1. The zero-order valence-electron chi connectivity index (χ0n) is 9.85. The fraction of sp³-hybridized carbons (Fsp3) is 0.333. The molecule has 0 spiro atoms. The zero-order valence-corrected chi connectivity index (χ0v) is 9.85. The predicted octanol–water partition coefficient (Wildman–Crippen LogP) is 1.09. The molecule has 2 rings (SSSR count). The maximum atomic E-state index is 11.2. The molecule has 96 valence electrons. The number of nitrogens with two attached hydrogens (primary N) is 1. The molecule has 0 atom stereocenters. The Morgan fingerprint density at radius 3 is 3.11 bits per heavy atom. The Kier molecular flexibility index (Phi) is 3.66. The van der Waals surface area contributed by atoms with Crippen LogP contribution >= 0.6 is 0 Å². The SMILES string of the molecule is N/C(CCOc1ccc2c(c1)CCC(=O)N2)=N\O. The minimum Gasteiger partial charge on any atom is -0.493 e. The summed E-state index contributed by atoms with van der Waals surface area (Å²) in [5, 5.41) is 14.1. The Morgan fingerprint density at radius 2 is 2.33 bits per heavy atom. The van der Waals surface area contributed by atoms with Gasteiger partial charge in [-0.1, -0.05) is 5.16 Å². The first-order chi connectivity index (χ1) is 8.69. The molecule has 0 aliphatic carbocycles. The van der Waals surface area contributed by atoms with Crippen LogP contribution in [0.3, 0.4) is 0 Å². The van der Waals surface area contributed by atoms with Crippen LogP contribution < -0.4 is 15.8 Å². The van der Waals surface area contributed by atoms with E-state index in [9.17, 15) is 4.79 Å². The fourth-order valence-electron chi connectivity index (χ4n) is 1.77. The lowest BCUT2D eigenvalue weighted by atomic mass is 10.0. The molecule has 1 aromatic rings. The molecule has 4 N–H and O–H groups in total. The highest BCUT2D eigenvalue weighted by atomic mass is 16.5. The van der Waals surface area contributed by atoms with Crippen molar-refractivity contribution >= 4 is 17.4 Å². The second-order valence-corrected chi connectivity index (χ2v) is 4.06. The Balaban J connectivity index is 1.97. The van der Waals surface area contributed by atoms with Crippen LogP contribution in [0, 0.1) is 0 Å². The van der Waals surface area contributed by atoms with Crippen LogP contribution in [-0.2, 0) is 11.2 Å². The largest absolute Gasteiger partial charge is 0.493 e. The number of rotatable bonds is 4. The molecular formula is C12H15N3O3. The summed E-state index contributed by atoms with van der Waals surface area (Å²) in [5.74, 6) is 0.902. The molecule has 1 heterocycles. The number of aryl methyl sites for hydroxylation is 1. The number of nitrogens with one attached hydrogen (secondary N) is 1. The summed E-state index contributed by atoms with van der Waals surface area (Å²) in [6.45, 7) is 0.348. The number of anilines is 1. The molecule has 0 bridgehead atoms. The quantitative estimate of drug-likeness (QED) is 0.322. The number of oxime groups is 1. The third kappa shape index (κ3) is 2.91. The lowest BCUT2D eigenvalue weighted by molar-refractivity contribution is -0.116. The second kappa shape index (κ2) is 5.39. The van der Waals surface area contributed by atoms with Gasteiger partial charge in [-0.15, -0.1) is 0 Å². The molecule has 0 fully saturated rings. The third-order valence-electron chi connectivity index (χ3n) is 2.73. The molecule has 0 radical (unpaired) electrons. The van der Waals surface area contributed by atoms with Gasteiger partial charge in [-0.2, -0.15) is 0 Å². The van der Waals surface area contributed by atoms with Crippen molar-refractivity contribution in [3.8, 4) is 5.75 Å². The lowest BCUT2D eigenvalue weighted by Crippen LogP contribution is -2.19. The number of amides is 1. The van der Waals surface area contributed by atoms with Gasteiger partial charge in [0.1, 0.15) is 11.6 Å². The Bertz CT molecular complexity index is 485. The van der Waals surface area contributed by atoms with Crippen molar-refractivity contribution in [2.45, 2.75) is 19.3 Å². The highest BCUT2D eigenvalue weighted by molar-refractivity contribution is 5.94. The van der Waals surface area contributed by atoms with Crippen molar-refractivity contribution in [2.24, 2.45) is 10.9 Å². The van der Waals surface area contributed by atoms with Crippen molar-refractivity contribution < 1.29 is 14.7 Å². The average molecular weight is 249 g/mol. The Morgan fingerprint density at radius 1 is 1.50 bits per heavy atom. The van der Waals surface area contributed by atoms with E-state index >= 15 is 0 Å². The normalized spacial score (nSPS) is 14.9. The average Bonchev–Trinajstić information content (AvgIpc) is 2.38. The van der Waals surface area contributed by atoms with Gasteiger partial charge in [-0.3, -0.25) is 4.79 Å². The summed E-state index contributed by atoms with van der Waals surface area (Å²) in [4.78, 5) is 11.2. The molecule has 1 aliphatic rings. The Labute approximate surface area is 104 Å². The van der Waals surface area contributed by atoms with Crippen molar-refractivity contribution in [3.63, 3.8) is 0 Å². The predicted molar refractivity (Wildman–Crippen MR) is 66.9 cm³/mol. The number of carbonyl (C=O) groups is 1. The number of amidine groups is 1. The third-order valence-corrected chi connectivity index (χ3v) is 2.73. The number of carbonyl (C=O) groups excluding carboxylic acids is 1. The number of nitrogens with zero attached hydrogens (tertiary/aromatic N) is 1. The van der Waals surface area contributed by atoms with Crippen LogP contribution in [0.1, 0.15) is 18.4 Å². The molecule has 1 aromatic carbocycles. The molecule has 6 nitrogen and oxygen atoms in total. The van der Waals surface area contributed by atoms with E-state index in [0.717, 1.165) is 23.4 Å². The van der Waals surface area contributed by atoms with Crippen molar-refractivity contribution in [2.75, 3.05) is 11.9 Å². The minimum absolute atomic E-state index is 0.0445. The van der Waals surface area contributed by atoms with Crippen molar-refractivity contribution in [3.05, 3.63) is 23.8 Å². The maximum Gasteiger partial charge on any atom is 0.224 e. The molecule has 0 unspecified atom stereocenters. The van der Waals surface area contributed by atoms with Crippen molar-refractivity contribution in [1.82, 2.24) is 0 Å². The molecule has 0 aromatic heterocycles. The molecule has 1 aliphatic heterocycles. The van der Waals surface area contributed by atoms with Crippen molar-refractivity contribution in [1.29, 1.82) is 0 Å². The topological polar surface area (TPSA) is 96.9 Å².